The van der Waals surface area contributed by atoms with Gasteiger partial charge in [0.15, 0.2) is 0 Å². The minimum Gasteiger partial charge on any atom is -0.497 e. The van der Waals surface area contributed by atoms with Crippen LogP contribution in [0.25, 0.3) is 10.9 Å². The molecule has 2 heterocycles. The van der Waals surface area contributed by atoms with Crippen molar-refractivity contribution in [2.24, 2.45) is 11.8 Å². The SMILES string of the molecule is CONC(CC[C@@H]1CCN(CC#Cc2cc(F)cc(F)c2)C[C@@H]1C(=O)O)c1ccnc2ccc(OC)cc12. The van der Waals surface area contributed by atoms with Crippen LogP contribution < -0.4 is 10.2 Å². The third-order valence-corrected chi connectivity index (χ3v) is 7.00. The zero-order valence-corrected chi connectivity index (χ0v) is 21.4. The first-order valence-corrected chi connectivity index (χ1v) is 12.5. The number of benzene rings is 2. The molecule has 1 aliphatic heterocycles. The minimum atomic E-state index is -0.838. The number of carbonyl (C=O) groups is 1. The maximum Gasteiger partial charge on any atom is 0.308 e. The average Bonchev–Trinajstić information content (AvgIpc) is 2.90. The van der Waals surface area contributed by atoms with Gasteiger partial charge in [0.25, 0.3) is 0 Å². The van der Waals surface area contributed by atoms with E-state index in [1.807, 2.05) is 29.2 Å². The molecule has 1 aromatic heterocycles. The van der Waals surface area contributed by atoms with Crippen LogP contribution in [0.3, 0.4) is 0 Å². The van der Waals surface area contributed by atoms with Gasteiger partial charge < -0.3 is 14.7 Å². The van der Waals surface area contributed by atoms with Crippen molar-refractivity contribution in [3.05, 3.63) is 71.4 Å². The number of carboxylic acid groups (broad SMARTS) is 1. The van der Waals surface area contributed by atoms with Gasteiger partial charge in [-0.05, 0) is 73.7 Å². The van der Waals surface area contributed by atoms with Crippen LogP contribution in [-0.4, -0.2) is 54.8 Å². The normalized spacial score (nSPS) is 18.5. The molecule has 1 aliphatic rings. The number of nitrogens with one attached hydrogen (secondary N) is 1. The average molecular weight is 524 g/mol. The number of ether oxygens (including phenoxy) is 1. The molecule has 0 aliphatic carbocycles. The van der Waals surface area contributed by atoms with Gasteiger partial charge in [-0.25, -0.2) is 8.78 Å². The Hall–Kier alpha value is -3.58. The predicted octanol–water partition coefficient (Wildman–Crippen LogP) is 4.57. The second kappa shape index (κ2) is 12.8. The van der Waals surface area contributed by atoms with Crippen LogP contribution in [0.5, 0.6) is 5.75 Å². The van der Waals surface area contributed by atoms with Crippen LogP contribution in [0, 0.1) is 35.3 Å². The molecule has 7 nitrogen and oxygen atoms in total. The van der Waals surface area contributed by atoms with Gasteiger partial charge in [-0.2, -0.15) is 5.48 Å². The van der Waals surface area contributed by atoms with Crippen LogP contribution in [0.2, 0.25) is 0 Å². The maximum atomic E-state index is 13.4. The van der Waals surface area contributed by atoms with Crippen molar-refractivity contribution in [2.75, 3.05) is 33.9 Å². The van der Waals surface area contributed by atoms with E-state index in [9.17, 15) is 18.7 Å². The zero-order valence-electron chi connectivity index (χ0n) is 21.4. The first-order chi connectivity index (χ1) is 18.4. The number of halogens is 2. The van der Waals surface area contributed by atoms with Crippen LogP contribution in [-0.2, 0) is 9.63 Å². The topological polar surface area (TPSA) is 83.9 Å². The fourth-order valence-corrected chi connectivity index (χ4v) is 5.09. The summed E-state index contributed by atoms with van der Waals surface area (Å²) in [5, 5.41) is 10.9. The number of aliphatic carboxylic acids is 1. The number of piperidine rings is 1. The molecule has 1 saturated heterocycles. The molecule has 0 amide bonds. The Morgan fingerprint density at radius 2 is 2.00 bits per heavy atom. The van der Waals surface area contributed by atoms with Gasteiger partial charge in [0.1, 0.15) is 17.4 Å². The summed E-state index contributed by atoms with van der Waals surface area (Å²) in [4.78, 5) is 23.9. The minimum absolute atomic E-state index is 0.0159. The second-order valence-electron chi connectivity index (χ2n) is 9.42. The van der Waals surface area contributed by atoms with Gasteiger partial charge in [0.2, 0.25) is 0 Å². The van der Waals surface area contributed by atoms with E-state index in [-0.39, 0.29) is 17.5 Å². The number of likely N-dealkylation sites (tertiary alicyclic amines) is 1. The third-order valence-electron chi connectivity index (χ3n) is 7.00. The van der Waals surface area contributed by atoms with Crippen LogP contribution in [0.15, 0.2) is 48.7 Å². The number of hydroxylamine groups is 1. The van der Waals surface area contributed by atoms with Crippen LogP contribution in [0.4, 0.5) is 8.78 Å². The molecule has 1 unspecified atom stereocenters. The number of nitrogens with zero attached hydrogens (tertiary/aromatic N) is 2. The number of hydrogen-bond donors (Lipinski definition) is 2. The van der Waals surface area contributed by atoms with E-state index in [4.69, 9.17) is 9.57 Å². The highest BCUT2D eigenvalue weighted by atomic mass is 19.1. The highest BCUT2D eigenvalue weighted by molar-refractivity contribution is 5.84. The Morgan fingerprint density at radius 1 is 1.21 bits per heavy atom. The highest BCUT2D eigenvalue weighted by Crippen LogP contribution is 2.33. The molecule has 0 saturated carbocycles. The van der Waals surface area contributed by atoms with Gasteiger partial charge in [0, 0.05) is 29.8 Å². The van der Waals surface area contributed by atoms with E-state index in [1.54, 1.807) is 20.4 Å². The van der Waals surface area contributed by atoms with E-state index in [0.29, 0.717) is 38.9 Å². The van der Waals surface area contributed by atoms with Crippen molar-refractivity contribution >= 4 is 16.9 Å². The number of rotatable bonds is 9. The predicted molar refractivity (Wildman–Crippen MR) is 139 cm³/mol. The molecule has 4 rings (SSSR count). The van der Waals surface area contributed by atoms with Crippen molar-refractivity contribution in [2.45, 2.75) is 25.3 Å². The Balaban J connectivity index is 1.43. The lowest BCUT2D eigenvalue weighted by Gasteiger charge is -2.36. The van der Waals surface area contributed by atoms with Gasteiger partial charge >= 0.3 is 5.97 Å². The van der Waals surface area contributed by atoms with Gasteiger partial charge in [-0.15, -0.1) is 0 Å². The number of hydrogen-bond acceptors (Lipinski definition) is 6. The standard InChI is InChI=1S/C29H31F2N3O4/c1-37-23-6-8-27-25(17-23)24(9-11-32-27)28(33-38-2)7-5-20-10-13-34(18-26(20)29(35)36)12-3-4-19-14-21(30)16-22(31)15-19/h6,8-9,11,14-17,20,26,28,33H,5,7,10,12-13,18H2,1-2H3,(H,35,36)/t20-,26+,28?/m1/s1. The van der Waals surface area contributed by atoms with Gasteiger partial charge in [-0.3, -0.25) is 14.7 Å². The van der Waals surface area contributed by atoms with E-state index < -0.39 is 23.5 Å². The molecular formula is C29H31F2N3O4. The Morgan fingerprint density at radius 3 is 2.71 bits per heavy atom. The first kappa shape index (κ1) is 27.5. The number of fused-ring (bicyclic) bond motifs is 1. The van der Waals surface area contributed by atoms with Crippen molar-refractivity contribution in [1.29, 1.82) is 0 Å². The Bertz CT molecular complexity index is 1320. The zero-order chi connectivity index (χ0) is 27.1. The number of methoxy groups -OCH3 is 1. The van der Waals surface area contributed by atoms with Crippen LogP contribution >= 0.6 is 0 Å². The molecule has 0 spiro atoms. The summed E-state index contributed by atoms with van der Waals surface area (Å²) in [6, 6.07) is 10.6. The number of carboxylic acids is 1. The summed E-state index contributed by atoms with van der Waals surface area (Å²) >= 11 is 0. The molecule has 9 heteroatoms. The van der Waals surface area contributed by atoms with Crippen molar-refractivity contribution in [1.82, 2.24) is 15.4 Å². The summed E-state index contributed by atoms with van der Waals surface area (Å²) in [5.74, 6) is 3.66. The molecule has 3 aromatic rings. The fourth-order valence-electron chi connectivity index (χ4n) is 5.09. The Labute approximate surface area is 220 Å². The van der Waals surface area contributed by atoms with Crippen molar-refractivity contribution < 1.29 is 28.3 Å². The maximum absolute atomic E-state index is 13.4. The first-order valence-electron chi connectivity index (χ1n) is 12.5. The molecule has 2 aromatic carbocycles. The highest BCUT2D eigenvalue weighted by Gasteiger charge is 2.34. The van der Waals surface area contributed by atoms with E-state index >= 15 is 0 Å². The molecule has 1 fully saturated rings. The van der Waals surface area contributed by atoms with E-state index in [0.717, 1.165) is 28.3 Å². The molecule has 38 heavy (non-hydrogen) atoms. The van der Waals surface area contributed by atoms with Crippen molar-refractivity contribution in [3.63, 3.8) is 0 Å². The smallest absolute Gasteiger partial charge is 0.308 e. The third kappa shape index (κ3) is 6.84. The van der Waals surface area contributed by atoms with E-state index in [2.05, 4.69) is 22.3 Å². The molecular weight excluding hydrogens is 492 g/mol. The van der Waals surface area contributed by atoms with Crippen LogP contribution in [0.1, 0.15) is 36.4 Å². The monoisotopic (exact) mass is 523 g/mol. The summed E-state index contributed by atoms with van der Waals surface area (Å²) in [7, 11) is 3.18. The number of aromatic nitrogens is 1. The lowest BCUT2D eigenvalue weighted by molar-refractivity contribution is -0.146. The summed E-state index contributed by atoms with van der Waals surface area (Å²) in [6.07, 6.45) is 3.82. The number of pyridine rings is 1. The Kier molecular flexibility index (Phi) is 9.24. The fraction of sp³-hybridized carbons (Fsp3) is 0.379. The van der Waals surface area contributed by atoms with Gasteiger partial charge in [-0.1, -0.05) is 11.8 Å². The lowest BCUT2D eigenvalue weighted by Crippen LogP contribution is -2.44. The van der Waals surface area contributed by atoms with E-state index in [1.165, 1.54) is 12.1 Å². The largest absolute Gasteiger partial charge is 0.497 e. The summed E-state index contributed by atoms with van der Waals surface area (Å²) in [6.45, 7) is 1.38. The molecule has 3 atom stereocenters. The summed E-state index contributed by atoms with van der Waals surface area (Å²) < 4.78 is 32.2. The quantitative estimate of drug-likeness (QED) is 0.314. The molecule has 0 radical (unpaired) electrons. The van der Waals surface area contributed by atoms with Gasteiger partial charge in [0.05, 0.1) is 38.2 Å². The van der Waals surface area contributed by atoms with Crippen molar-refractivity contribution in [3.8, 4) is 17.6 Å². The second-order valence-corrected chi connectivity index (χ2v) is 9.42. The lowest BCUT2D eigenvalue weighted by atomic mass is 9.81. The molecule has 0 bridgehead atoms. The summed E-state index contributed by atoms with van der Waals surface area (Å²) in [5.41, 5.74) is 5.17. The molecule has 2 N–H and O–H groups in total. The molecule has 200 valence electrons.